The number of amides is 3. The van der Waals surface area contributed by atoms with E-state index in [2.05, 4.69) is 10.6 Å². The van der Waals surface area contributed by atoms with Crippen LogP contribution in [0.2, 0.25) is 0 Å². The van der Waals surface area contributed by atoms with E-state index in [0.29, 0.717) is 62.1 Å². The van der Waals surface area contributed by atoms with Crippen molar-refractivity contribution >= 4 is 12.1 Å². The lowest BCUT2D eigenvalue weighted by Crippen LogP contribution is -2.52. The Morgan fingerprint density at radius 3 is 2.62 bits per heavy atom. The number of hydrogen-bond donors (Lipinski definition) is 5. The molecule has 1 saturated heterocycles. The third kappa shape index (κ3) is 7.70. The average Bonchev–Trinajstić information content (AvgIpc) is 2.93. The molecule has 2 atom stereocenters. The smallest absolute Gasteiger partial charge is 0.404 e. The monoisotopic (exact) mass is 542 g/mol. The third-order valence-corrected chi connectivity index (χ3v) is 7.77. The molecule has 1 unspecified atom stereocenters. The Labute approximate surface area is 230 Å². The first-order valence-corrected chi connectivity index (χ1v) is 13.8. The first kappa shape index (κ1) is 30.4. The van der Waals surface area contributed by atoms with Gasteiger partial charge in [-0.3, -0.25) is 0 Å². The van der Waals surface area contributed by atoms with Crippen molar-refractivity contribution < 1.29 is 24.2 Å². The molecule has 1 fully saturated rings. The molecule has 9 heteroatoms. The number of piperidine rings is 1. The predicted octanol–water partition coefficient (Wildman–Crippen LogP) is 4.70. The Morgan fingerprint density at radius 2 is 1.92 bits per heavy atom. The van der Waals surface area contributed by atoms with Gasteiger partial charge in [0.1, 0.15) is 5.82 Å². The number of carbonyl (C=O) groups is 2. The van der Waals surface area contributed by atoms with Crippen molar-refractivity contribution in [2.45, 2.75) is 58.5 Å². The number of nitrogens with one attached hydrogen (secondary N) is 2. The van der Waals surface area contributed by atoms with Gasteiger partial charge in [-0.2, -0.15) is 0 Å². The van der Waals surface area contributed by atoms with Crippen LogP contribution in [0.4, 0.5) is 14.0 Å². The average molecular weight is 543 g/mol. The summed E-state index contributed by atoms with van der Waals surface area (Å²) in [7, 11) is 0. The van der Waals surface area contributed by atoms with Crippen LogP contribution in [-0.4, -0.2) is 60.0 Å². The minimum atomic E-state index is -1.49. The first-order valence-electron chi connectivity index (χ1n) is 13.8. The number of carboxylic acid groups (broad SMARTS) is 1. The lowest BCUT2D eigenvalue weighted by Gasteiger charge is -2.43. The fourth-order valence-corrected chi connectivity index (χ4v) is 5.29. The Hall–Kier alpha value is -3.17. The van der Waals surface area contributed by atoms with Crippen molar-refractivity contribution in [2.24, 2.45) is 17.1 Å². The number of aryl methyl sites for hydroxylation is 1. The standard InChI is InChI=1S/C30H43FN4O4/c1-4-21-9-5-10-22(17-21)26-24(12-6-13-25(26)31)30(39,14-8-15-33-28(37)38)23-11-7-16-35(18-23)27(36)34-20-29(2,3)19-32/h5-6,9-10,12-13,17,23,33,39H,4,7-8,11,14-16,18-20,32H2,1-3H3,(H,34,36)(H,37,38)/t23-,30?/m1/s1. The van der Waals surface area contributed by atoms with E-state index in [1.165, 1.54) is 6.07 Å². The van der Waals surface area contributed by atoms with Crippen molar-refractivity contribution in [3.8, 4) is 11.1 Å². The zero-order valence-electron chi connectivity index (χ0n) is 23.3. The number of urea groups is 1. The fraction of sp³-hybridized carbons (Fsp3) is 0.533. The van der Waals surface area contributed by atoms with Crippen LogP contribution in [0.3, 0.4) is 0 Å². The third-order valence-electron chi connectivity index (χ3n) is 7.77. The van der Waals surface area contributed by atoms with Gasteiger partial charge in [0.15, 0.2) is 0 Å². The summed E-state index contributed by atoms with van der Waals surface area (Å²) in [4.78, 5) is 25.8. The number of nitrogens with zero attached hydrogens (tertiary/aromatic N) is 1. The highest BCUT2D eigenvalue weighted by molar-refractivity contribution is 5.74. The fourth-order valence-electron chi connectivity index (χ4n) is 5.29. The largest absolute Gasteiger partial charge is 0.465 e. The summed E-state index contributed by atoms with van der Waals surface area (Å²) >= 11 is 0. The molecule has 1 aliphatic rings. The summed E-state index contributed by atoms with van der Waals surface area (Å²) in [5.41, 5.74) is 6.61. The highest BCUT2D eigenvalue weighted by Gasteiger charge is 2.43. The highest BCUT2D eigenvalue weighted by atomic mass is 19.1. The number of nitrogens with two attached hydrogens (primary N) is 1. The maximum absolute atomic E-state index is 15.5. The molecule has 2 aromatic carbocycles. The summed E-state index contributed by atoms with van der Waals surface area (Å²) in [5.74, 6) is -0.809. The van der Waals surface area contributed by atoms with Crippen LogP contribution in [0.1, 0.15) is 57.6 Å². The van der Waals surface area contributed by atoms with Gasteiger partial charge in [-0.15, -0.1) is 0 Å². The van der Waals surface area contributed by atoms with E-state index in [0.717, 1.165) is 12.0 Å². The molecule has 0 saturated carbocycles. The molecule has 0 aliphatic carbocycles. The minimum Gasteiger partial charge on any atom is -0.465 e. The van der Waals surface area contributed by atoms with Gasteiger partial charge in [-0.25, -0.2) is 14.0 Å². The second-order valence-electron chi connectivity index (χ2n) is 11.3. The zero-order chi connectivity index (χ0) is 28.6. The van der Waals surface area contributed by atoms with E-state index in [1.807, 2.05) is 45.0 Å². The molecule has 3 rings (SSSR count). The van der Waals surface area contributed by atoms with Crippen molar-refractivity contribution in [3.63, 3.8) is 0 Å². The SMILES string of the molecule is CCc1cccc(-c2c(F)cccc2C(O)(CCCNC(=O)O)[C@@H]2CCCN(C(=O)NCC(C)(C)CN)C2)c1. The molecule has 1 heterocycles. The predicted molar refractivity (Wildman–Crippen MR) is 151 cm³/mol. The van der Waals surface area contributed by atoms with Gasteiger partial charge in [0.25, 0.3) is 0 Å². The quantitative estimate of drug-likeness (QED) is 0.263. The maximum Gasteiger partial charge on any atom is 0.404 e. The van der Waals surface area contributed by atoms with E-state index < -0.39 is 17.5 Å². The van der Waals surface area contributed by atoms with Crippen LogP contribution < -0.4 is 16.4 Å². The van der Waals surface area contributed by atoms with E-state index in [4.69, 9.17) is 10.8 Å². The molecule has 0 radical (unpaired) electrons. The van der Waals surface area contributed by atoms with E-state index in [1.54, 1.807) is 17.0 Å². The Morgan fingerprint density at radius 1 is 1.18 bits per heavy atom. The van der Waals surface area contributed by atoms with Crippen LogP contribution in [-0.2, 0) is 12.0 Å². The van der Waals surface area contributed by atoms with Gasteiger partial charge in [-0.05, 0) is 66.8 Å². The topological polar surface area (TPSA) is 128 Å². The summed E-state index contributed by atoms with van der Waals surface area (Å²) in [5, 5.41) is 26.8. The summed E-state index contributed by atoms with van der Waals surface area (Å²) in [6.45, 7) is 7.85. The molecule has 8 nitrogen and oxygen atoms in total. The van der Waals surface area contributed by atoms with Gasteiger partial charge in [-0.1, -0.05) is 57.2 Å². The van der Waals surface area contributed by atoms with Crippen LogP contribution >= 0.6 is 0 Å². The number of hydrogen-bond acceptors (Lipinski definition) is 4. The Balaban J connectivity index is 1.98. The van der Waals surface area contributed by atoms with E-state index in [9.17, 15) is 14.7 Å². The van der Waals surface area contributed by atoms with Crippen molar-refractivity contribution in [3.05, 3.63) is 59.4 Å². The molecule has 214 valence electrons. The van der Waals surface area contributed by atoms with Gasteiger partial charge < -0.3 is 31.5 Å². The molecule has 39 heavy (non-hydrogen) atoms. The van der Waals surface area contributed by atoms with E-state index in [-0.39, 0.29) is 30.3 Å². The van der Waals surface area contributed by atoms with Crippen molar-refractivity contribution in [1.29, 1.82) is 0 Å². The van der Waals surface area contributed by atoms with Gasteiger partial charge in [0.05, 0.1) is 5.60 Å². The Kier molecular flexibility index (Phi) is 10.3. The molecular formula is C30H43FN4O4. The summed E-state index contributed by atoms with van der Waals surface area (Å²) < 4.78 is 15.5. The number of likely N-dealkylation sites (tertiary alicyclic amines) is 1. The van der Waals surface area contributed by atoms with Gasteiger partial charge in [0.2, 0.25) is 0 Å². The normalized spacial score (nSPS) is 17.4. The van der Waals surface area contributed by atoms with Crippen LogP contribution in [0.15, 0.2) is 42.5 Å². The van der Waals surface area contributed by atoms with Crippen LogP contribution in [0.25, 0.3) is 11.1 Å². The van der Waals surface area contributed by atoms with Crippen molar-refractivity contribution in [1.82, 2.24) is 15.5 Å². The Bertz CT molecular complexity index is 1140. The molecule has 0 spiro atoms. The molecule has 3 amide bonds. The molecule has 2 aromatic rings. The molecule has 0 aromatic heterocycles. The van der Waals surface area contributed by atoms with E-state index >= 15 is 4.39 Å². The lowest BCUT2D eigenvalue weighted by atomic mass is 9.72. The van der Waals surface area contributed by atoms with Crippen molar-refractivity contribution in [2.75, 3.05) is 32.7 Å². The number of carbonyl (C=O) groups excluding carboxylic acids is 1. The number of rotatable bonds is 11. The maximum atomic E-state index is 15.5. The number of aliphatic hydroxyl groups is 1. The molecule has 0 bridgehead atoms. The minimum absolute atomic E-state index is 0.151. The zero-order valence-corrected chi connectivity index (χ0v) is 23.3. The van der Waals surface area contributed by atoms with Crippen LogP contribution in [0, 0.1) is 17.2 Å². The molecule has 1 aliphatic heterocycles. The summed E-state index contributed by atoms with van der Waals surface area (Å²) in [6.07, 6.45) is 1.53. The lowest BCUT2D eigenvalue weighted by molar-refractivity contribution is -0.0549. The first-order chi connectivity index (χ1) is 18.5. The summed E-state index contributed by atoms with van der Waals surface area (Å²) in [6, 6.07) is 12.2. The second-order valence-corrected chi connectivity index (χ2v) is 11.3. The van der Waals surface area contributed by atoms with Crippen LogP contribution in [0.5, 0.6) is 0 Å². The number of benzene rings is 2. The van der Waals surface area contributed by atoms with Gasteiger partial charge >= 0.3 is 12.1 Å². The molecule has 6 N–H and O–H groups in total. The molecular weight excluding hydrogens is 499 g/mol. The van der Waals surface area contributed by atoms with Gasteiger partial charge in [0, 0.05) is 37.7 Å². The highest BCUT2D eigenvalue weighted by Crippen LogP contribution is 2.44. The second kappa shape index (κ2) is 13.3. The number of halogens is 1.